The topological polar surface area (TPSA) is 55.8 Å². The minimum absolute atomic E-state index is 0.0485. The number of halogens is 1. The third-order valence-electron chi connectivity index (χ3n) is 4.56. The van der Waals surface area contributed by atoms with Gasteiger partial charge in [-0.15, -0.1) is 0 Å². The number of hydrogen-bond donors (Lipinski definition) is 0. The summed E-state index contributed by atoms with van der Waals surface area (Å²) in [6.45, 7) is 3.01. The van der Waals surface area contributed by atoms with E-state index in [0.717, 1.165) is 5.56 Å². The van der Waals surface area contributed by atoms with E-state index in [2.05, 4.69) is 15.9 Å². The maximum atomic E-state index is 12.6. The summed E-state index contributed by atoms with van der Waals surface area (Å²) in [6.07, 6.45) is 0. The van der Waals surface area contributed by atoms with Crippen LogP contribution in [0.5, 0.6) is 0 Å². The van der Waals surface area contributed by atoms with Crippen molar-refractivity contribution in [2.45, 2.75) is 17.5 Å². The molecule has 0 saturated carbocycles. The van der Waals surface area contributed by atoms with Gasteiger partial charge in [0, 0.05) is 5.56 Å². The lowest BCUT2D eigenvalue weighted by Crippen LogP contribution is -2.35. The lowest BCUT2D eigenvalue weighted by molar-refractivity contribution is -0.161. The Kier molecular flexibility index (Phi) is 3.98. The normalized spacial score (nSPS) is 20.0. The second kappa shape index (κ2) is 6.05. The van der Waals surface area contributed by atoms with E-state index in [1.807, 2.05) is 19.1 Å². The molecule has 0 N–H and O–H groups in total. The molecule has 2 heterocycles. The van der Waals surface area contributed by atoms with Gasteiger partial charge in [0.05, 0.1) is 34.9 Å². The van der Waals surface area contributed by atoms with Gasteiger partial charge in [-0.1, -0.05) is 40.2 Å². The van der Waals surface area contributed by atoms with Crippen LogP contribution in [-0.2, 0) is 15.3 Å². The first kappa shape index (κ1) is 16.4. The zero-order chi connectivity index (χ0) is 17.6. The van der Waals surface area contributed by atoms with Gasteiger partial charge >= 0.3 is 0 Å². The number of alkyl halides is 1. The van der Waals surface area contributed by atoms with Crippen LogP contribution < -0.4 is 4.90 Å². The summed E-state index contributed by atoms with van der Waals surface area (Å²) in [4.78, 5) is 26.3. The molecule has 0 aliphatic carbocycles. The number of hydrogen-bond acceptors (Lipinski definition) is 4. The minimum atomic E-state index is -0.847. The van der Waals surface area contributed by atoms with Gasteiger partial charge in [-0.25, -0.2) is 4.90 Å². The number of ether oxygens (including phenoxy) is 2. The molecule has 1 fully saturated rings. The minimum Gasteiger partial charge on any atom is -0.343 e. The van der Waals surface area contributed by atoms with Crippen molar-refractivity contribution in [1.82, 2.24) is 0 Å². The summed E-state index contributed by atoms with van der Waals surface area (Å²) in [6, 6.07) is 14.0. The predicted octanol–water partition coefficient (Wildman–Crippen LogP) is 3.47. The average molecular weight is 402 g/mol. The van der Waals surface area contributed by atoms with Gasteiger partial charge in [-0.2, -0.15) is 0 Å². The number of imide groups is 1. The van der Waals surface area contributed by atoms with Crippen molar-refractivity contribution in [3.63, 3.8) is 0 Å². The van der Waals surface area contributed by atoms with Crippen molar-refractivity contribution < 1.29 is 19.1 Å². The van der Waals surface area contributed by atoms with Crippen LogP contribution in [0.25, 0.3) is 0 Å². The van der Waals surface area contributed by atoms with Crippen LogP contribution in [0.3, 0.4) is 0 Å². The van der Waals surface area contributed by atoms with Crippen molar-refractivity contribution >= 4 is 33.4 Å². The first-order chi connectivity index (χ1) is 12.0. The highest BCUT2D eigenvalue weighted by atomic mass is 79.9. The number of fused-ring (bicyclic) bond motifs is 1. The second-order valence-corrected chi connectivity index (χ2v) is 7.39. The lowest BCUT2D eigenvalue weighted by Gasteiger charge is -2.31. The number of nitrogens with zero attached hydrogens (tertiary/aromatic N) is 1. The van der Waals surface area contributed by atoms with Crippen molar-refractivity contribution in [3.05, 3.63) is 65.2 Å². The number of anilines is 1. The predicted molar refractivity (Wildman–Crippen MR) is 96.0 cm³/mol. The van der Waals surface area contributed by atoms with Crippen molar-refractivity contribution in [1.29, 1.82) is 0 Å². The van der Waals surface area contributed by atoms with Gasteiger partial charge in [0.25, 0.3) is 11.8 Å². The summed E-state index contributed by atoms with van der Waals surface area (Å²) in [5, 5.41) is 0. The van der Waals surface area contributed by atoms with Crippen molar-refractivity contribution in [3.8, 4) is 0 Å². The fourth-order valence-electron chi connectivity index (χ4n) is 3.32. The molecule has 2 aliphatic heterocycles. The third kappa shape index (κ3) is 2.44. The van der Waals surface area contributed by atoms with E-state index in [4.69, 9.17) is 9.47 Å². The number of rotatable bonds is 3. The van der Waals surface area contributed by atoms with Gasteiger partial charge in [0.1, 0.15) is 0 Å². The van der Waals surface area contributed by atoms with Gasteiger partial charge < -0.3 is 9.47 Å². The highest BCUT2D eigenvalue weighted by Gasteiger charge is 2.43. The van der Waals surface area contributed by atoms with E-state index >= 15 is 0 Å². The SMILES string of the molecule is CC(Br)C1(c2ccc(N3C(=O)c4ccccc4C3=O)cc2)OCCO1. The molecule has 128 valence electrons. The van der Waals surface area contributed by atoms with E-state index in [0.29, 0.717) is 30.0 Å². The maximum Gasteiger partial charge on any atom is 0.266 e. The molecule has 2 amide bonds. The van der Waals surface area contributed by atoms with Crippen LogP contribution in [0.4, 0.5) is 5.69 Å². The first-order valence-electron chi connectivity index (χ1n) is 8.05. The molecule has 5 nitrogen and oxygen atoms in total. The van der Waals surface area contributed by atoms with E-state index in [1.54, 1.807) is 36.4 Å². The van der Waals surface area contributed by atoms with Crippen LogP contribution in [0.1, 0.15) is 33.2 Å². The molecule has 2 aromatic rings. The Bertz CT molecular complexity index is 806. The Balaban J connectivity index is 1.68. The highest BCUT2D eigenvalue weighted by molar-refractivity contribution is 9.09. The van der Waals surface area contributed by atoms with Gasteiger partial charge in [-0.3, -0.25) is 9.59 Å². The van der Waals surface area contributed by atoms with E-state index < -0.39 is 5.79 Å². The monoisotopic (exact) mass is 401 g/mol. The molecule has 2 aliphatic rings. The molecule has 0 spiro atoms. The third-order valence-corrected chi connectivity index (χ3v) is 5.16. The molecule has 4 rings (SSSR count). The zero-order valence-corrected chi connectivity index (χ0v) is 15.2. The number of carbonyl (C=O) groups excluding carboxylic acids is 2. The maximum absolute atomic E-state index is 12.6. The van der Waals surface area contributed by atoms with Crippen LogP contribution in [0.15, 0.2) is 48.5 Å². The van der Waals surface area contributed by atoms with Gasteiger partial charge in [0.2, 0.25) is 5.79 Å². The molecule has 1 unspecified atom stereocenters. The van der Waals surface area contributed by atoms with Crippen LogP contribution >= 0.6 is 15.9 Å². The van der Waals surface area contributed by atoms with E-state index in [9.17, 15) is 9.59 Å². The highest BCUT2D eigenvalue weighted by Crippen LogP contribution is 2.39. The summed E-state index contributed by atoms with van der Waals surface area (Å²) in [5.74, 6) is -1.45. The molecule has 1 saturated heterocycles. The Hall–Kier alpha value is -2.02. The van der Waals surface area contributed by atoms with Crippen molar-refractivity contribution in [2.24, 2.45) is 0 Å². The standard InChI is InChI=1S/C19H16BrNO4/c1-12(20)19(24-10-11-25-19)13-6-8-14(9-7-13)21-17(22)15-4-2-3-5-16(15)18(21)23/h2-9,12H,10-11H2,1H3. The molecule has 1 atom stereocenters. The Labute approximate surface area is 153 Å². The summed E-state index contributed by atoms with van der Waals surface area (Å²) >= 11 is 3.55. The smallest absolute Gasteiger partial charge is 0.266 e. The van der Waals surface area contributed by atoms with Gasteiger partial charge in [0.15, 0.2) is 0 Å². The summed E-state index contributed by atoms with van der Waals surface area (Å²) in [7, 11) is 0. The molecular weight excluding hydrogens is 386 g/mol. The molecule has 25 heavy (non-hydrogen) atoms. The van der Waals surface area contributed by atoms with Crippen LogP contribution in [0, 0.1) is 0 Å². The molecule has 6 heteroatoms. The fraction of sp³-hybridized carbons (Fsp3) is 0.263. The lowest BCUT2D eigenvalue weighted by atomic mass is 10.0. The van der Waals surface area contributed by atoms with Gasteiger partial charge in [-0.05, 0) is 31.2 Å². The van der Waals surface area contributed by atoms with Crippen LogP contribution in [-0.4, -0.2) is 29.9 Å². The number of benzene rings is 2. The Morgan fingerprint density at radius 3 is 1.96 bits per heavy atom. The number of carbonyl (C=O) groups is 2. The van der Waals surface area contributed by atoms with Crippen molar-refractivity contribution in [2.75, 3.05) is 18.1 Å². The van der Waals surface area contributed by atoms with Crippen LogP contribution in [0.2, 0.25) is 0 Å². The Morgan fingerprint density at radius 1 is 0.960 bits per heavy atom. The Morgan fingerprint density at radius 2 is 1.48 bits per heavy atom. The molecule has 0 radical (unpaired) electrons. The fourth-order valence-corrected chi connectivity index (χ4v) is 3.85. The first-order valence-corrected chi connectivity index (χ1v) is 8.96. The molecule has 2 aromatic carbocycles. The molecule has 0 aromatic heterocycles. The largest absolute Gasteiger partial charge is 0.343 e. The average Bonchev–Trinajstić information content (AvgIpc) is 3.21. The zero-order valence-electron chi connectivity index (χ0n) is 13.6. The number of amides is 2. The summed E-state index contributed by atoms with van der Waals surface area (Å²) < 4.78 is 11.7. The molecular formula is C19H16BrNO4. The quantitative estimate of drug-likeness (QED) is 0.583. The molecule has 0 bridgehead atoms. The van der Waals surface area contributed by atoms with E-state index in [1.165, 1.54) is 4.90 Å². The van der Waals surface area contributed by atoms with E-state index in [-0.39, 0.29) is 16.6 Å². The second-order valence-electron chi connectivity index (χ2n) is 6.02. The summed E-state index contributed by atoms with van der Waals surface area (Å²) in [5.41, 5.74) is 2.24.